The van der Waals surface area contributed by atoms with Crippen molar-refractivity contribution in [3.8, 4) is 0 Å². The zero-order chi connectivity index (χ0) is 12.9. The summed E-state index contributed by atoms with van der Waals surface area (Å²) < 4.78 is 0. The molecule has 0 atom stereocenters. The molecule has 0 saturated heterocycles. The highest BCUT2D eigenvalue weighted by atomic mass is 15.1. The van der Waals surface area contributed by atoms with E-state index in [1.54, 1.807) is 0 Å². The Kier molecular flexibility index (Phi) is 12.3. The Morgan fingerprint density at radius 1 is 0.824 bits per heavy atom. The van der Waals surface area contributed by atoms with Gasteiger partial charge in [0.15, 0.2) is 0 Å². The van der Waals surface area contributed by atoms with Gasteiger partial charge in [0.2, 0.25) is 0 Å². The minimum atomic E-state index is 0.631. The van der Waals surface area contributed by atoms with E-state index in [0.29, 0.717) is 6.04 Å². The van der Waals surface area contributed by atoms with Crippen molar-refractivity contribution < 1.29 is 0 Å². The molecule has 0 aromatic rings. The third-order valence-corrected chi connectivity index (χ3v) is 3.11. The van der Waals surface area contributed by atoms with E-state index < -0.39 is 0 Å². The third kappa shape index (κ3) is 12.2. The average molecular weight is 242 g/mol. The quantitative estimate of drug-likeness (QED) is 0.525. The molecule has 17 heavy (non-hydrogen) atoms. The molecular formula is C15H34N2. The zero-order valence-corrected chi connectivity index (χ0v) is 12.6. The fraction of sp³-hybridized carbons (Fsp3) is 1.00. The molecule has 1 N–H and O–H groups in total. The lowest BCUT2D eigenvalue weighted by Gasteiger charge is -2.22. The Morgan fingerprint density at radius 2 is 1.35 bits per heavy atom. The number of nitrogens with one attached hydrogen (secondary N) is 1. The second kappa shape index (κ2) is 12.4. The molecule has 0 spiro atoms. The van der Waals surface area contributed by atoms with Gasteiger partial charge in [0, 0.05) is 6.04 Å². The number of nitrogens with zero attached hydrogens (tertiary/aromatic N) is 1. The Bertz CT molecular complexity index is 138. The molecule has 0 unspecified atom stereocenters. The predicted molar refractivity (Wildman–Crippen MR) is 78.6 cm³/mol. The first-order valence-electron chi connectivity index (χ1n) is 7.66. The average Bonchev–Trinajstić information content (AvgIpc) is 2.30. The molecule has 104 valence electrons. The summed E-state index contributed by atoms with van der Waals surface area (Å²) >= 11 is 0. The molecule has 2 nitrogen and oxygen atoms in total. The van der Waals surface area contributed by atoms with E-state index in [0.717, 1.165) is 0 Å². The van der Waals surface area contributed by atoms with Crippen molar-refractivity contribution in [2.24, 2.45) is 0 Å². The standard InChI is InChI=1S/C15H34N2/c1-5-7-12-17(13-8-6-2)14-10-9-11-16-15(3)4/h15-16H,5-14H2,1-4H3. The van der Waals surface area contributed by atoms with Gasteiger partial charge < -0.3 is 10.2 Å². The van der Waals surface area contributed by atoms with Crippen LogP contribution in [0.1, 0.15) is 66.2 Å². The summed E-state index contributed by atoms with van der Waals surface area (Å²) in [4.78, 5) is 2.66. The van der Waals surface area contributed by atoms with Gasteiger partial charge in [0.25, 0.3) is 0 Å². The molecule has 2 heteroatoms. The Morgan fingerprint density at radius 3 is 1.82 bits per heavy atom. The summed E-state index contributed by atoms with van der Waals surface area (Å²) in [6, 6.07) is 0.631. The van der Waals surface area contributed by atoms with Gasteiger partial charge in [-0.15, -0.1) is 0 Å². The lowest BCUT2D eigenvalue weighted by Crippen LogP contribution is -2.28. The molecule has 0 aliphatic carbocycles. The Labute approximate surface area is 109 Å². The first kappa shape index (κ1) is 16.9. The Hall–Kier alpha value is -0.0800. The molecule has 0 heterocycles. The smallest absolute Gasteiger partial charge is 0.00103 e. The van der Waals surface area contributed by atoms with Crippen LogP contribution in [0, 0.1) is 0 Å². The number of unbranched alkanes of at least 4 members (excludes halogenated alkanes) is 3. The van der Waals surface area contributed by atoms with E-state index in [1.807, 2.05) is 0 Å². The molecule has 0 aromatic carbocycles. The molecule has 0 radical (unpaired) electrons. The van der Waals surface area contributed by atoms with E-state index in [-0.39, 0.29) is 0 Å². The molecule has 0 aliphatic heterocycles. The minimum Gasteiger partial charge on any atom is -0.315 e. The van der Waals surface area contributed by atoms with E-state index in [9.17, 15) is 0 Å². The fourth-order valence-electron chi connectivity index (χ4n) is 1.95. The van der Waals surface area contributed by atoms with Gasteiger partial charge in [0.05, 0.1) is 0 Å². The summed E-state index contributed by atoms with van der Waals surface area (Å²) in [6.07, 6.45) is 8.00. The van der Waals surface area contributed by atoms with Gasteiger partial charge in [0.1, 0.15) is 0 Å². The number of rotatable bonds is 12. The monoisotopic (exact) mass is 242 g/mol. The van der Waals surface area contributed by atoms with Crippen molar-refractivity contribution in [2.75, 3.05) is 26.2 Å². The van der Waals surface area contributed by atoms with E-state index in [1.165, 1.54) is 64.7 Å². The SMILES string of the molecule is CCCCN(CCCC)CCCCNC(C)C. The highest BCUT2D eigenvalue weighted by Gasteiger charge is 2.03. The van der Waals surface area contributed by atoms with Gasteiger partial charge in [-0.2, -0.15) is 0 Å². The fourth-order valence-corrected chi connectivity index (χ4v) is 1.95. The van der Waals surface area contributed by atoms with Crippen molar-refractivity contribution in [1.82, 2.24) is 10.2 Å². The Balaban J connectivity index is 3.52. The van der Waals surface area contributed by atoms with Crippen LogP contribution in [0.15, 0.2) is 0 Å². The highest BCUT2D eigenvalue weighted by molar-refractivity contribution is 4.60. The van der Waals surface area contributed by atoms with Gasteiger partial charge in [-0.25, -0.2) is 0 Å². The number of hydrogen-bond donors (Lipinski definition) is 1. The molecular weight excluding hydrogens is 208 g/mol. The molecule has 0 saturated carbocycles. The van der Waals surface area contributed by atoms with Crippen molar-refractivity contribution in [1.29, 1.82) is 0 Å². The zero-order valence-electron chi connectivity index (χ0n) is 12.6. The lowest BCUT2D eigenvalue weighted by atomic mass is 10.2. The first-order chi connectivity index (χ1) is 8.20. The maximum Gasteiger partial charge on any atom is 0.00103 e. The van der Waals surface area contributed by atoms with Crippen LogP contribution in [0.4, 0.5) is 0 Å². The second-order valence-corrected chi connectivity index (χ2v) is 5.36. The van der Waals surface area contributed by atoms with Crippen LogP contribution in [0.25, 0.3) is 0 Å². The topological polar surface area (TPSA) is 15.3 Å². The molecule has 0 rings (SSSR count). The maximum absolute atomic E-state index is 3.49. The van der Waals surface area contributed by atoms with Crippen LogP contribution in [-0.4, -0.2) is 37.1 Å². The molecule has 0 aromatic heterocycles. The van der Waals surface area contributed by atoms with Crippen LogP contribution in [0.3, 0.4) is 0 Å². The number of hydrogen-bond acceptors (Lipinski definition) is 2. The predicted octanol–water partition coefficient (Wildman–Crippen LogP) is 3.67. The lowest BCUT2D eigenvalue weighted by molar-refractivity contribution is 0.259. The highest BCUT2D eigenvalue weighted by Crippen LogP contribution is 2.01. The van der Waals surface area contributed by atoms with E-state index >= 15 is 0 Å². The van der Waals surface area contributed by atoms with Crippen LogP contribution < -0.4 is 5.32 Å². The first-order valence-corrected chi connectivity index (χ1v) is 7.66. The maximum atomic E-state index is 3.49. The molecule has 0 amide bonds. The van der Waals surface area contributed by atoms with Crippen molar-refractivity contribution in [2.45, 2.75) is 72.3 Å². The molecule has 0 bridgehead atoms. The molecule has 0 aliphatic rings. The van der Waals surface area contributed by atoms with Gasteiger partial charge in [-0.05, 0) is 51.9 Å². The normalized spacial score (nSPS) is 11.6. The van der Waals surface area contributed by atoms with Gasteiger partial charge in [-0.3, -0.25) is 0 Å². The summed E-state index contributed by atoms with van der Waals surface area (Å²) in [7, 11) is 0. The van der Waals surface area contributed by atoms with E-state index in [4.69, 9.17) is 0 Å². The summed E-state index contributed by atoms with van der Waals surface area (Å²) in [6.45, 7) is 14.1. The van der Waals surface area contributed by atoms with Crippen molar-refractivity contribution >= 4 is 0 Å². The second-order valence-electron chi connectivity index (χ2n) is 5.36. The van der Waals surface area contributed by atoms with Gasteiger partial charge in [-0.1, -0.05) is 40.5 Å². The summed E-state index contributed by atoms with van der Waals surface area (Å²) in [5.74, 6) is 0. The largest absolute Gasteiger partial charge is 0.315 e. The third-order valence-electron chi connectivity index (χ3n) is 3.11. The van der Waals surface area contributed by atoms with Crippen molar-refractivity contribution in [3.63, 3.8) is 0 Å². The van der Waals surface area contributed by atoms with Crippen LogP contribution >= 0.6 is 0 Å². The van der Waals surface area contributed by atoms with E-state index in [2.05, 4.69) is 37.9 Å². The van der Waals surface area contributed by atoms with Crippen molar-refractivity contribution in [3.05, 3.63) is 0 Å². The van der Waals surface area contributed by atoms with Crippen LogP contribution in [-0.2, 0) is 0 Å². The summed E-state index contributed by atoms with van der Waals surface area (Å²) in [5, 5.41) is 3.49. The van der Waals surface area contributed by atoms with Gasteiger partial charge >= 0.3 is 0 Å². The summed E-state index contributed by atoms with van der Waals surface area (Å²) in [5.41, 5.74) is 0. The van der Waals surface area contributed by atoms with Crippen LogP contribution in [0.2, 0.25) is 0 Å². The molecule has 0 fully saturated rings. The minimum absolute atomic E-state index is 0.631. The van der Waals surface area contributed by atoms with Crippen LogP contribution in [0.5, 0.6) is 0 Å².